The zero-order valence-electron chi connectivity index (χ0n) is 11.0. The standard InChI is InChI=1S/C16H22ClN/c1-18-16(10-13-4-2-3-5-15(13)17)14-9-11-6-7-12(14)8-11/h2-5,11-12,14,16,18H,6-10H2,1H3. The summed E-state index contributed by atoms with van der Waals surface area (Å²) < 4.78 is 0. The molecule has 2 fully saturated rings. The molecule has 1 N–H and O–H groups in total. The third kappa shape index (κ3) is 2.31. The van der Waals surface area contributed by atoms with Crippen LogP contribution in [0.25, 0.3) is 0 Å². The van der Waals surface area contributed by atoms with Crippen molar-refractivity contribution in [2.45, 2.75) is 38.1 Å². The van der Waals surface area contributed by atoms with Gasteiger partial charge in [0.05, 0.1) is 0 Å². The van der Waals surface area contributed by atoms with E-state index >= 15 is 0 Å². The number of rotatable bonds is 4. The van der Waals surface area contributed by atoms with Crippen molar-refractivity contribution in [1.29, 1.82) is 0 Å². The van der Waals surface area contributed by atoms with E-state index < -0.39 is 0 Å². The summed E-state index contributed by atoms with van der Waals surface area (Å²) >= 11 is 6.28. The van der Waals surface area contributed by atoms with Crippen LogP contribution in [-0.4, -0.2) is 13.1 Å². The highest BCUT2D eigenvalue weighted by molar-refractivity contribution is 6.31. The van der Waals surface area contributed by atoms with Crippen molar-refractivity contribution in [3.05, 3.63) is 34.9 Å². The van der Waals surface area contributed by atoms with Gasteiger partial charge >= 0.3 is 0 Å². The number of likely N-dealkylation sites (N-methyl/N-ethyl adjacent to an activating group) is 1. The Hall–Kier alpha value is -0.530. The number of nitrogens with one attached hydrogen (secondary N) is 1. The molecule has 4 atom stereocenters. The minimum Gasteiger partial charge on any atom is -0.316 e. The number of halogens is 1. The van der Waals surface area contributed by atoms with Gasteiger partial charge in [-0.3, -0.25) is 0 Å². The molecule has 2 aliphatic rings. The largest absolute Gasteiger partial charge is 0.316 e. The normalized spacial score (nSPS) is 31.8. The first-order chi connectivity index (χ1) is 8.78. The molecule has 2 aliphatic carbocycles. The Bertz CT molecular complexity index is 417. The van der Waals surface area contributed by atoms with Crippen LogP contribution < -0.4 is 5.32 Å². The van der Waals surface area contributed by atoms with Crippen molar-refractivity contribution < 1.29 is 0 Å². The number of benzene rings is 1. The smallest absolute Gasteiger partial charge is 0.0438 e. The van der Waals surface area contributed by atoms with E-state index in [1.54, 1.807) is 0 Å². The summed E-state index contributed by atoms with van der Waals surface area (Å²) in [7, 11) is 2.10. The third-order valence-corrected chi connectivity index (χ3v) is 5.45. The summed E-state index contributed by atoms with van der Waals surface area (Å²) in [5.41, 5.74) is 1.29. The van der Waals surface area contributed by atoms with Gasteiger partial charge in [-0.05, 0) is 62.1 Å². The molecule has 2 bridgehead atoms. The van der Waals surface area contributed by atoms with Crippen LogP contribution >= 0.6 is 11.6 Å². The van der Waals surface area contributed by atoms with Crippen molar-refractivity contribution in [2.75, 3.05) is 7.05 Å². The van der Waals surface area contributed by atoms with Crippen molar-refractivity contribution >= 4 is 11.6 Å². The van der Waals surface area contributed by atoms with Gasteiger partial charge in [0.25, 0.3) is 0 Å². The number of hydrogen-bond donors (Lipinski definition) is 1. The Morgan fingerprint density at radius 1 is 1.28 bits per heavy atom. The summed E-state index contributed by atoms with van der Waals surface area (Å²) in [6.07, 6.45) is 6.91. The number of fused-ring (bicyclic) bond motifs is 2. The van der Waals surface area contributed by atoms with Crippen LogP contribution in [0.4, 0.5) is 0 Å². The molecule has 98 valence electrons. The molecule has 4 unspecified atom stereocenters. The Labute approximate surface area is 115 Å². The van der Waals surface area contributed by atoms with Crippen molar-refractivity contribution in [3.8, 4) is 0 Å². The zero-order valence-corrected chi connectivity index (χ0v) is 11.8. The van der Waals surface area contributed by atoms with E-state index in [4.69, 9.17) is 11.6 Å². The lowest BCUT2D eigenvalue weighted by Crippen LogP contribution is -2.38. The van der Waals surface area contributed by atoms with E-state index in [-0.39, 0.29) is 0 Å². The molecule has 0 spiro atoms. The van der Waals surface area contributed by atoms with Gasteiger partial charge in [-0.2, -0.15) is 0 Å². The summed E-state index contributed by atoms with van der Waals surface area (Å²) in [5, 5.41) is 4.46. The van der Waals surface area contributed by atoms with Gasteiger partial charge < -0.3 is 5.32 Å². The first-order valence-corrected chi connectivity index (χ1v) is 7.56. The highest BCUT2D eigenvalue weighted by Crippen LogP contribution is 2.49. The highest BCUT2D eigenvalue weighted by atomic mass is 35.5. The summed E-state index contributed by atoms with van der Waals surface area (Å²) in [5.74, 6) is 2.85. The fraction of sp³-hybridized carbons (Fsp3) is 0.625. The quantitative estimate of drug-likeness (QED) is 0.869. The molecule has 18 heavy (non-hydrogen) atoms. The average molecular weight is 264 g/mol. The van der Waals surface area contributed by atoms with Crippen molar-refractivity contribution in [1.82, 2.24) is 5.32 Å². The maximum atomic E-state index is 6.28. The SMILES string of the molecule is CNC(Cc1ccccc1Cl)C1CC2CCC1C2. The van der Waals surface area contributed by atoms with E-state index in [9.17, 15) is 0 Å². The first kappa shape index (κ1) is 12.5. The fourth-order valence-corrected chi connectivity index (χ4v) is 4.37. The lowest BCUT2D eigenvalue weighted by Gasteiger charge is -2.30. The first-order valence-electron chi connectivity index (χ1n) is 7.18. The van der Waals surface area contributed by atoms with Crippen LogP contribution in [-0.2, 0) is 6.42 Å². The molecule has 0 heterocycles. The maximum Gasteiger partial charge on any atom is 0.0438 e. The van der Waals surface area contributed by atoms with Gasteiger partial charge in [0.2, 0.25) is 0 Å². The van der Waals surface area contributed by atoms with Crippen LogP contribution in [0.1, 0.15) is 31.2 Å². The van der Waals surface area contributed by atoms with Crippen LogP contribution in [0.2, 0.25) is 5.02 Å². The second-order valence-electron chi connectivity index (χ2n) is 6.03. The molecule has 1 aromatic carbocycles. The number of hydrogen-bond acceptors (Lipinski definition) is 1. The van der Waals surface area contributed by atoms with Gasteiger partial charge in [0.15, 0.2) is 0 Å². The van der Waals surface area contributed by atoms with Crippen LogP contribution in [0.3, 0.4) is 0 Å². The van der Waals surface area contributed by atoms with Crippen molar-refractivity contribution in [2.24, 2.45) is 17.8 Å². The predicted octanol–water partition coefficient (Wildman–Crippen LogP) is 3.91. The van der Waals surface area contributed by atoms with Gasteiger partial charge in [-0.1, -0.05) is 36.2 Å². The molecule has 0 saturated heterocycles. The maximum absolute atomic E-state index is 6.28. The molecule has 0 aliphatic heterocycles. The Balaban J connectivity index is 1.72. The van der Waals surface area contributed by atoms with E-state index in [1.807, 2.05) is 12.1 Å². The zero-order chi connectivity index (χ0) is 12.5. The lowest BCUT2D eigenvalue weighted by molar-refractivity contribution is 0.255. The molecular weight excluding hydrogens is 242 g/mol. The van der Waals surface area contributed by atoms with Gasteiger partial charge in [0, 0.05) is 11.1 Å². The molecule has 2 heteroatoms. The molecule has 0 amide bonds. The molecule has 2 saturated carbocycles. The van der Waals surface area contributed by atoms with Gasteiger partial charge in [-0.25, -0.2) is 0 Å². The minimum atomic E-state index is 0.597. The Morgan fingerprint density at radius 2 is 2.11 bits per heavy atom. The molecule has 1 nitrogen and oxygen atoms in total. The topological polar surface area (TPSA) is 12.0 Å². The van der Waals surface area contributed by atoms with Crippen molar-refractivity contribution in [3.63, 3.8) is 0 Å². The summed E-state index contributed by atoms with van der Waals surface area (Å²) in [6.45, 7) is 0. The predicted molar refractivity (Wildman–Crippen MR) is 76.9 cm³/mol. The average Bonchev–Trinajstić information content (AvgIpc) is 3.00. The van der Waals surface area contributed by atoms with E-state index in [0.717, 1.165) is 29.2 Å². The van der Waals surface area contributed by atoms with Crippen LogP contribution in [0, 0.1) is 17.8 Å². The summed E-state index contributed by atoms with van der Waals surface area (Å²) in [4.78, 5) is 0. The lowest BCUT2D eigenvalue weighted by atomic mass is 9.81. The van der Waals surface area contributed by atoms with E-state index in [0.29, 0.717) is 6.04 Å². The van der Waals surface area contributed by atoms with Gasteiger partial charge in [0.1, 0.15) is 0 Å². The molecular formula is C16H22ClN. The molecule has 3 rings (SSSR count). The highest BCUT2D eigenvalue weighted by Gasteiger charge is 2.42. The van der Waals surface area contributed by atoms with Crippen LogP contribution in [0.15, 0.2) is 24.3 Å². The molecule has 0 radical (unpaired) electrons. The summed E-state index contributed by atoms with van der Waals surface area (Å²) in [6, 6.07) is 8.87. The Kier molecular flexibility index (Phi) is 3.63. The fourth-order valence-electron chi connectivity index (χ4n) is 4.16. The Morgan fingerprint density at radius 3 is 2.72 bits per heavy atom. The second kappa shape index (κ2) is 5.22. The third-order valence-electron chi connectivity index (χ3n) is 5.08. The second-order valence-corrected chi connectivity index (χ2v) is 6.44. The molecule has 1 aromatic rings. The van der Waals surface area contributed by atoms with Gasteiger partial charge in [-0.15, -0.1) is 0 Å². The van der Waals surface area contributed by atoms with E-state index in [2.05, 4.69) is 24.5 Å². The monoisotopic (exact) mass is 263 g/mol. The molecule has 0 aromatic heterocycles. The van der Waals surface area contributed by atoms with Crippen LogP contribution in [0.5, 0.6) is 0 Å². The van der Waals surface area contributed by atoms with E-state index in [1.165, 1.54) is 31.2 Å². The minimum absolute atomic E-state index is 0.597.